The second-order valence-electron chi connectivity index (χ2n) is 6.83. The normalized spacial score (nSPS) is 22.2. The Bertz CT molecular complexity index is 450. The van der Waals surface area contributed by atoms with E-state index in [9.17, 15) is 5.11 Å². The fourth-order valence-corrected chi connectivity index (χ4v) is 3.33. The highest BCUT2D eigenvalue weighted by Crippen LogP contribution is 2.34. The average Bonchev–Trinajstić information content (AvgIpc) is 3.35. The number of nitrogens with one attached hydrogen (secondary N) is 1. The van der Waals surface area contributed by atoms with Crippen molar-refractivity contribution in [2.75, 3.05) is 25.0 Å². The van der Waals surface area contributed by atoms with Crippen LogP contribution in [0.2, 0.25) is 0 Å². The van der Waals surface area contributed by atoms with Gasteiger partial charge in [-0.15, -0.1) is 0 Å². The Kier molecular flexibility index (Phi) is 4.81. The number of benzene rings is 1. The lowest BCUT2D eigenvalue weighted by atomic mass is 9.97. The van der Waals surface area contributed by atoms with Crippen LogP contribution in [0.15, 0.2) is 24.3 Å². The SMILES string of the molecule is CC(Nc1ccccc1CN1CCC(CO)CC1)C1CC1. The summed E-state index contributed by atoms with van der Waals surface area (Å²) in [5.74, 6) is 1.39. The molecule has 0 radical (unpaired) electrons. The third-order valence-electron chi connectivity index (χ3n) is 5.09. The Morgan fingerprint density at radius 1 is 1.19 bits per heavy atom. The predicted octanol–water partition coefficient (Wildman–Crippen LogP) is 3.10. The largest absolute Gasteiger partial charge is 0.396 e. The van der Waals surface area contributed by atoms with Crippen molar-refractivity contribution in [3.63, 3.8) is 0 Å². The molecule has 0 amide bonds. The first kappa shape index (κ1) is 14.9. The molecule has 21 heavy (non-hydrogen) atoms. The topological polar surface area (TPSA) is 35.5 Å². The molecule has 3 nitrogen and oxygen atoms in total. The van der Waals surface area contributed by atoms with Gasteiger partial charge in [-0.3, -0.25) is 4.90 Å². The lowest BCUT2D eigenvalue weighted by molar-refractivity contribution is 0.127. The van der Waals surface area contributed by atoms with Crippen LogP contribution in [0.1, 0.15) is 38.2 Å². The molecule has 116 valence electrons. The Morgan fingerprint density at radius 3 is 2.57 bits per heavy atom. The van der Waals surface area contributed by atoms with Crippen molar-refractivity contribution in [2.24, 2.45) is 11.8 Å². The lowest BCUT2D eigenvalue weighted by Crippen LogP contribution is -2.34. The minimum absolute atomic E-state index is 0.352. The van der Waals surface area contributed by atoms with Gasteiger partial charge >= 0.3 is 0 Å². The highest BCUT2D eigenvalue weighted by molar-refractivity contribution is 5.52. The van der Waals surface area contributed by atoms with Crippen LogP contribution < -0.4 is 5.32 Å². The van der Waals surface area contributed by atoms with Gasteiger partial charge in [-0.1, -0.05) is 18.2 Å². The summed E-state index contributed by atoms with van der Waals surface area (Å²) in [5, 5.41) is 13.0. The zero-order valence-corrected chi connectivity index (χ0v) is 13.1. The van der Waals surface area contributed by atoms with Crippen molar-refractivity contribution in [1.29, 1.82) is 0 Å². The van der Waals surface area contributed by atoms with Gasteiger partial charge in [-0.2, -0.15) is 0 Å². The highest BCUT2D eigenvalue weighted by atomic mass is 16.3. The van der Waals surface area contributed by atoms with Crippen LogP contribution in [-0.4, -0.2) is 35.7 Å². The lowest BCUT2D eigenvalue weighted by Gasteiger charge is -2.31. The molecule has 1 aliphatic carbocycles. The maximum Gasteiger partial charge on any atom is 0.0460 e. The third kappa shape index (κ3) is 3.98. The van der Waals surface area contributed by atoms with Crippen molar-refractivity contribution in [2.45, 2.75) is 45.2 Å². The molecule has 0 spiro atoms. The van der Waals surface area contributed by atoms with Crippen molar-refractivity contribution >= 4 is 5.69 Å². The summed E-state index contributed by atoms with van der Waals surface area (Å²) in [5.41, 5.74) is 2.72. The molecule has 1 aromatic carbocycles. The maximum absolute atomic E-state index is 9.24. The summed E-state index contributed by atoms with van der Waals surface area (Å²) in [7, 11) is 0. The van der Waals surface area contributed by atoms with E-state index in [1.165, 1.54) is 24.1 Å². The smallest absolute Gasteiger partial charge is 0.0460 e. The van der Waals surface area contributed by atoms with Gasteiger partial charge in [0.05, 0.1) is 0 Å². The second-order valence-corrected chi connectivity index (χ2v) is 6.83. The van der Waals surface area contributed by atoms with Gasteiger partial charge in [-0.05, 0) is 69.2 Å². The molecule has 1 atom stereocenters. The van der Waals surface area contributed by atoms with E-state index in [-0.39, 0.29) is 0 Å². The molecule has 1 aliphatic heterocycles. The Hall–Kier alpha value is -1.06. The molecule has 1 heterocycles. The number of likely N-dealkylation sites (tertiary alicyclic amines) is 1. The average molecular weight is 288 g/mol. The summed E-state index contributed by atoms with van der Waals surface area (Å²) in [6.07, 6.45) is 5.02. The van der Waals surface area contributed by atoms with Crippen LogP contribution in [-0.2, 0) is 6.54 Å². The molecule has 0 aromatic heterocycles. The first-order valence-corrected chi connectivity index (χ1v) is 8.44. The van der Waals surface area contributed by atoms with Gasteiger partial charge in [0.1, 0.15) is 0 Å². The summed E-state index contributed by atoms with van der Waals surface area (Å²) < 4.78 is 0. The minimum atomic E-state index is 0.352. The number of anilines is 1. The molecule has 2 fully saturated rings. The monoisotopic (exact) mass is 288 g/mol. The first-order chi connectivity index (χ1) is 10.3. The third-order valence-corrected chi connectivity index (χ3v) is 5.09. The van der Waals surface area contributed by atoms with Crippen LogP contribution in [0.4, 0.5) is 5.69 Å². The van der Waals surface area contributed by atoms with E-state index in [2.05, 4.69) is 41.4 Å². The van der Waals surface area contributed by atoms with Crippen molar-refractivity contribution < 1.29 is 5.11 Å². The molecule has 1 saturated carbocycles. The molecule has 1 aromatic rings. The number of hydrogen-bond acceptors (Lipinski definition) is 3. The van der Waals surface area contributed by atoms with Crippen LogP contribution in [0.3, 0.4) is 0 Å². The molecule has 0 bridgehead atoms. The molecular weight excluding hydrogens is 260 g/mol. The van der Waals surface area contributed by atoms with Crippen molar-refractivity contribution in [3.05, 3.63) is 29.8 Å². The van der Waals surface area contributed by atoms with Gasteiger partial charge < -0.3 is 10.4 Å². The molecule has 3 heteroatoms. The Balaban J connectivity index is 1.59. The van der Waals surface area contributed by atoms with Crippen LogP contribution in [0, 0.1) is 11.8 Å². The van der Waals surface area contributed by atoms with Crippen molar-refractivity contribution in [1.82, 2.24) is 4.90 Å². The number of aliphatic hydroxyl groups is 1. The fourth-order valence-electron chi connectivity index (χ4n) is 3.33. The first-order valence-electron chi connectivity index (χ1n) is 8.44. The Labute approximate surface area is 128 Å². The van der Waals surface area contributed by atoms with Crippen molar-refractivity contribution in [3.8, 4) is 0 Å². The number of hydrogen-bond donors (Lipinski definition) is 2. The standard InChI is InChI=1S/C18H28N2O/c1-14(16-6-7-16)19-18-5-3-2-4-17(18)12-20-10-8-15(13-21)9-11-20/h2-5,14-16,19,21H,6-13H2,1H3. The van der Waals surface area contributed by atoms with E-state index >= 15 is 0 Å². The van der Waals surface area contributed by atoms with Gasteiger partial charge in [0, 0.05) is 24.9 Å². The number of aliphatic hydroxyl groups excluding tert-OH is 1. The number of nitrogens with zero attached hydrogens (tertiary/aromatic N) is 1. The van der Waals surface area contributed by atoms with E-state index in [1.807, 2.05) is 0 Å². The molecular formula is C18H28N2O. The summed E-state index contributed by atoms with van der Waals surface area (Å²) in [4.78, 5) is 2.52. The van der Waals surface area contributed by atoms with Crippen LogP contribution >= 0.6 is 0 Å². The molecule has 1 saturated heterocycles. The molecule has 2 N–H and O–H groups in total. The summed E-state index contributed by atoms with van der Waals surface area (Å²) in [6, 6.07) is 9.33. The molecule has 1 unspecified atom stereocenters. The Morgan fingerprint density at radius 2 is 1.90 bits per heavy atom. The minimum Gasteiger partial charge on any atom is -0.396 e. The quantitative estimate of drug-likeness (QED) is 0.844. The number of rotatable bonds is 6. The predicted molar refractivity (Wildman–Crippen MR) is 87.3 cm³/mol. The molecule has 3 rings (SSSR count). The van der Waals surface area contributed by atoms with E-state index < -0.39 is 0 Å². The van der Waals surface area contributed by atoms with Gasteiger partial charge in [-0.25, -0.2) is 0 Å². The van der Waals surface area contributed by atoms with Crippen LogP contribution in [0.5, 0.6) is 0 Å². The van der Waals surface area contributed by atoms with E-state index in [0.717, 1.165) is 38.4 Å². The van der Waals surface area contributed by atoms with E-state index in [0.29, 0.717) is 18.6 Å². The van der Waals surface area contributed by atoms with Crippen LogP contribution in [0.25, 0.3) is 0 Å². The second kappa shape index (κ2) is 6.80. The van der Waals surface area contributed by atoms with Gasteiger partial charge in [0.15, 0.2) is 0 Å². The maximum atomic E-state index is 9.24. The van der Waals surface area contributed by atoms with Gasteiger partial charge in [0.25, 0.3) is 0 Å². The zero-order valence-electron chi connectivity index (χ0n) is 13.1. The molecule has 2 aliphatic rings. The number of para-hydroxylation sites is 1. The van der Waals surface area contributed by atoms with Gasteiger partial charge in [0.2, 0.25) is 0 Å². The summed E-state index contributed by atoms with van der Waals surface area (Å²) in [6.45, 7) is 5.90. The fraction of sp³-hybridized carbons (Fsp3) is 0.667. The zero-order chi connectivity index (χ0) is 14.7. The summed E-state index contributed by atoms with van der Waals surface area (Å²) >= 11 is 0. The number of piperidine rings is 1. The highest BCUT2D eigenvalue weighted by Gasteiger charge is 2.28. The van der Waals surface area contributed by atoms with E-state index in [4.69, 9.17) is 0 Å². The van der Waals surface area contributed by atoms with E-state index in [1.54, 1.807) is 0 Å².